The minimum Gasteiger partial charge on any atom is -0.219 e. The van der Waals surface area contributed by atoms with E-state index in [1.54, 1.807) is 0 Å². The summed E-state index contributed by atoms with van der Waals surface area (Å²) in [5.41, 5.74) is 3.41. The van der Waals surface area contributed by atoms with Crippen LogP contribution < -0.4 is 0 Å². The molecule has 0 aliphatic rings. The maximum Gasteiger partial charge on any atom is 0.163 e. The highest BCUT2D eigenvalue weighted by Gasteiger charge is 2.04. The Balaban J connectivity index is 0.000000948. The van der Waals surface area contributed by atoms with Gasteiger partial charge in [-0.05, 0) is 25.0 Å². The number of benzene rings is 2. The molecule has 0 unspecified atom stereocenters. The van der Waals surface area contributed by atoms with Crippen molar-refractivity contribution in [2.75, 3.05) is 0 Å². The van der Waals surface area contributed by atoms with E-state index in [-0.39, 0.29) is 0 Å². The molecule has 0 saturated heterocycles. The van der Waals surface area contributed by atoms with Crippen LogP contribution in [0.2, 0.25) is 0 Å². The summed E-state index contributed by atoms with van der Waals surface area (Å²) in [7, 11) is 0. The van der Waals surface area contributed by atoms with Gasteiger partial charge >= 0.3 is 0 Å². The molecule has 26 heavy (non-hydrogen) atoms. The largest absolute Gasteiger partial charge is 0.219 e. The molecule has 0 aliphatic heterocycles. The van der Waals surface area contributed by atoms with E-state index in [4.69, 9.17) is 0 Å². The molecule has 1 aromatic heterocycles. The highest BCUT2D eigenvalue weighted by Crippen LogP contribution is 2.22. The highest BCUT2D eigenvalue weighted by molar-refractivity contribution is 15.0. The van der Waals surface area contributed by atoms with Gasteiger partial charge in [-0.3, -0.25) is 0 Å². The maximum absolute atomic E-state index is 4.38. The topological polar surface area (TPSA) is 38.7 Å². The Labute approximate surface area is 181 Å². The van der Waals surface area contributed by atoms with Crippen molar-refractivity contribution >= 4 is 37.2 Å². The fourth-order valence-electron chi connectivity index (χ4n) is 2.19. The van der Waals surface area contributed by atoms with Gasteiger partial charge in [-0.25, -0.2) is 15.0 Å². The van der Waals surface area contributed by atoms with Gasteiger partial charge in [-0.15, -0.1) is 0 Å². The van der Waals surface area contributed by atoms with Gasteiger partial charge in [0.15, 0.2) is 5.82 Å². The van der Waals surface area contributed by atoms with Crippen molar-refractivity contribution < 1.29 is 0 Å². The minimum atomic E-state index is 0.731. The SMILES string of the molecule is CC.CC.Cc1nc(C)nc(-c2ccc(-c3ccccc3)cc2)n1.II. The van der Waals surface area contributed by atoms with Crippen molar-refractivity contribution in [2.45, 2.75) is 41.5 Å². The fourth-order valence-corrected chi connectivity index (χ4v) is 2.19. The lowest BCUT2D eigenvalue weighted by Crippen LogP contribution is -1.98. The molecule has 0 spiro atoms. The molecule has 0 saturated carbocycles. The van der Waals surface area contributed by atoms with Gasteiger partial charge in [-0.2, -0.15) is 0 Å². The number of aromatic nitrogens is 3. The third-order valence-electron chi connectivity index (χ3n) is 3.11. The van der Waals surface area contributed by atoms with E-state index in [0.717, 1.165) is 23.0 Å². The summed E-state index contributed by atoms with van der Waals surface area (Å²) >= 11 is 4.24. The Bertz CT molecular complexity index is 710. The number of hydrogen-bond donors (Lipinski definition) is 0. The lowest BCUT2D eigenvalue weighted by molar-refractivity contribution is 0.928. The van der Waals surface area contributed by atoms with E-state index in [2.05, 4.69) is 88.6 Å². The van der Waals surface area contributed by atoms with E-state index < -0.39 is 0 Å². The van der Waals surface area contributed by atoms with Gasteiger partial charge in [0.2, 0.25) is 0 Å². The molecule has 1 heterocycles. The zero-order valence-electron chi connectivity index (χ0n) is 16.3. The van der Waals surface area contributed by atoms with Crippen molar-refractivity contribution in [3.05, 3.63) is 66.2 Å². The Hall–Kier alpha value is -1.09. The third-order valence-corrected chi connectivity index (χ3v) is 3.11. The van der Waals surface area contributed by atoms with Crippen molar-refractivity contribution in [1.82, 2.24) is 15.0 Å². The predicted octanol–water partition coefficient (Wildman–Crippen LogP) is 7.65. The summed E-state index contributed by atoms with van der Waals surface area (Å²) in [4.78, 5) is 13.0. The van der Waals surface area contributed by atoms with Crippen LogP contribution in [0.5, 0.6) is 0 Å². The molecule has 0 radical (unpaired) electrons. The van der Waals surface area contributed by atoms with E-state index in [1.165, 1.54) is 11.1 Å². The molecular formula is C21H27I2N3. The molecule has 5 heteroatoms. The maximum atomic E-state index is 4.38. The van der Waals surface area contributed by atoms with Crippen LogP contribution in [-0.4, -0.2) is 15.0 Å². The summed E-state index contributed by atoms with van der Waals surface area (Å²) in [6, 6.07) is 18.6. The molecule has 0 aliphatic carbocycles. The summed E-state index contributed by atoms with van der Waals surface area (Å²) < 4.78 is 0. The van der Waals surface area contributed by atoms with E-state index in [1.807, 2.05) is 59.7 Å². The Morgan fingerprint density at radius 1 is 0.538 bits per heavy atom. The van der Waals surface area contributed by atoms with Crippen molar-refractivity contribution in [3.63, 3.8) is 0 Å². The first-order valence-corrected chi connectivity index (χ1v) is 15.0. The van der Waals surface area contributed by atoms with Crippen molar-refractivity contribution in [3.8, 4) is 22.5 Å². The van der Waals surface area contributed by atoms with Gasteiger partial charge in [0.25, 0.3) is 0 Å². The number of rotatable bonds is 2. The lowest BCUT2D eigenvalue weighted by atomic mass is 10.0. The van der Waals surface area contributed by atoms with Crippen LogP contribution in [0, 0.1) is 13.8 Å². The molecule has 2 aromatic carbocycles. The average molecular weight is 575 g/mol. The quantitative estimate of drug-likeness (QED) is 0.295. The van der Waals surface area contributed by atoms with Gasteiger partial charge in [-0.1, -0.05) is 82.3 Å². The molecule has 0 amide bonds. The molecule has 0 fully saturated rings. The number of nitrogens with zero attached hydrogens (tertiary/aromatic N) is 3. The molecular weight excluding hydrogens is 548 g/mol. The summed E-state index contributed by atoms with van der Waals surface area (Å²) in [5.74, 6) is 2.23. The number of hydrogen-bond acceptors (Lipinski definition) is 3. The smallest absolute Gasteiger partial charge is 0.163 e. The number of halogens is 2. The fraction of sp³-hybridized carbons (Fsp3) is 0.286. The second-order valence-corrected chi connectivity index (χ2v) is 4.70. The second-order valence-electron chi connectivity index (χ2n) is 4.70. The van der Waals surface area contributed by atoms with Crippen LogP contribution >= 0.6 is 37.2 Å². The van der Waals surface area contributed by atoms with Gasteiger partial charge in [0.05, 0.1) is 0 Å². The second kappa shape index (κ2) is 15.0. The van der Waals surface area contributed by atoms with Crippen LogP contribution in [-0.2, 0) is 0 Å². The van der Waals surface area contributed by atoms with Crippen LogP contribution in [0.3, 0.4) is 0 Å². The van der Waals surface area contributed by atoms with Gasteiger partial charge in [0, 0.05) is 42.8 Å². The van der Waals surface area contributed by atoms with Crippen LogP contribution in [0.4, 0.5) is 0 Å². The lowest BCUT2D eigenvalue weighted by Gasteiger charge is -2.05. The molecule has 0 N–H and O–H groups in total. The summed E-state index contributed by atoms with van der Waals surface area (Å²) in [6.07, 6.45) is 0. The standard InChI is InChI=1S/C17H15N3.2C2H6.I2/c1-12-18-13(2)20-17(19-12)16-10-8-15(9-11-16)14-6-4-3-5-7-14;3*1-2/h3-11H,1-2H3;2*1-2H3;. The first-order valence-electron chi connectivity index (χ1n) is 8.72. The Kier molecular flexibility index (Phi) is 14.4. The molecule has 3 aromatic rings. The van der Waals surface area contributed by atoms with Crippen molar-refractivity contribution in [1.29, 1.82) is 0 Å². The first kappa shape index (κ1) is 24.9. The molecule has 0 bridgehead atoms. The summed E-state index contributed by atoms with van der Waals surface area (Å²) in [6.45, 7) is 11.8. The molecule has 3 rings (SSSR count). The van der Waals surface area contributed by atoms with E-state index in [9.17, 15) is 0 Å². The molecule has 0 atom stereocenters. The first-order chi connectivity index (χ1) is 12.7. The van der Waals surface area contributed by atoms with Gasteiger partial charge < -0.3 is 0 Å². The summed E-state index contributed by atoms with van der Waals surface area (Å²) in [5, 5.41) is 0. The normalized spacial score (nSPS) is 8.77. The zero-order valence-corrected chi connectivity index (χ0v) is 20.6. The van der Waals surface area contributed by atoms with Crippen LogP contribution in [0.25, 0.3) is 22.5 Å². The molecule has 140 valence electrons. The van der Waals surface area contributed by atoms with Gasteiger partial charge in [0.1, 0.15) is 11.6 Å². The Morgan fingerprint density at radius 2 is 0.923 bits per heavy atom. The van der Waals surface area contributed by atoms with E-state index >= 15 is 0 Å². The monoisotopic (exact) mass is 575 g/mol. The third kappa shape index (κ3) is 8.07. The Morgan fingerprint density at radius 3 is 1.38 bits per heavy atom. The molecule has 3 nitrogen and oxygen atoms in total. The van der Waals surface area contributed by atoms with Crippen LogP contribution in [0.1, 0.15) is 39.3 Å². The predicted molar refractivity (Wildman–Crippen MR) is 131 cm³/mol. The number of aryl methyl sites for hydroxylation is 2. The minimum absolute atomic E-state index is 0.731. The van der Waals surface area contributed by atoms with Crippen LogP contribution in [0.15, 0.2) is 54.6 Å². The highest BCUT2D eigenvalue weighted by atomic mass is 128. The van der Waals surface area contributed by atoms with Crippen molar-refractivity contribution in [2.24, 2.45) is 0 Å². The zero-order chi connectivity index (χ0) is 19.9. The average Bonchev–Trinajstić information content (AvgIpc) is 2.73. The van der Waals surface area contributed by atoms with E-state index in [0.29, 0.717) is 0 Å².